The number of aromatic nitrogens is 4. The molecule has 1 fully saturated rings. The van der Waals surface area contributed by atoms with Gasteiger partial charge in [0.2, 0.25) is 18.1 Å². The Labute approximate surface area is 226 Å². The second kappa shape index (κ2) is 12.8. The molecule has 1 saturated heterocycles. The summed E-state index contributed by atoms with van der Waals surface area (Å²) in [5.41, 5.74) is 1.53. The fourth-order valence-electron chi connectivity index (χ4n) is 4.03. The number of anilines is 1. The molecule has 3 heterocycles. The number of aromatic amines is 1. The van der Waals surface area contributed by atoms with Gasteiger partial charge >= 0.3 is 0 Å². The molecule has 0 bridgehead atoms. The lowest BCUT2D eigenvalue weighted by atomic mass is 9.91. The first kappa shape index (κ1) is 28.1. The fourth-order valence-corrected chi connectivity index (χ4v) is 4.03. The van der Waals surface area contributed by atoms with E-state index in [1.54, 1.807) is 31.3 Å². The molecule has 39 heavy (non-hydrogen) atoms. The third-order valence-corrected chi connectivity index (χ3v) is 6.22. The van der Waals surface area contributed by atoms with E-state index in [0.717, 1.165) is 13.0 Å². The molecule has 0 spiro atoms. The minimum Gasteiger partial charge on any atom is -0.354 e. The zero-order valence-electron chi connectivity index (χ0n) is 22.3. The molecule has 0 saturated carbocycles. The first-order valence-corrected chi connectivity index (χ1v) is 12.8. The normalized spacial score (nSPS) is 19.0. The summed E-state index contributed by atoms with van der Waals surface area (Å²) < 4.78 is 25.5. The topological polar surface area (TPSA) is 141 Å². The van der Waals surface area contributed by atoms with Gasteiger partial charge in [0.15, 0.2) is 5.82 Å². The Bertz CT molecular complexity index is 1300. The standard InChI is InChI=1S/C27H33FN8O3/c1-27(25(37)30-12-4-11-29)16-38-24(39-17-27)23-34-21(18-6-8-19(28)9-7-18)22(35-23)20-10-14-32-26(33-20)31-13-5-15-36(2)3/h6-10,14,24H,4-5,12-13,15-17H2,1-3H3,(H,30,37)(H,34,35)(H,31,32,33). The van der Waals surface area contributed by atoms with E-state index < -0.39 is 11.7 Å². The second-order valence-corrected chi connectivity index (χ2v) is 9.88. The molecular weight excluding hydrogens is 503 g/mol. The molecule has 1 aliphatic heterocycles. The number of nitriles is 1. The average Bonchev–Trinajstić information content (AvgIpc) is 3.37. The molecule has 3 N–H and O–H groups in total. The maximum Gasteiger partial charge on any atom is 0.230 e. The highest BCUT2D eigenvalue weighted by Crippen LogP contribution is 2.35. The zero-order chi connectivity index (χ0) is 27.8. The first-order chi connectivity index (χ1) is 18.8. The van der Waals surface area contributed by atoms with E-state index >= 15 is 0 Å². The lowest BCUT2D eigenvalue weighted by Crippen LogP contribution is -2.48. The second-order valence-electron chi connectivity index (χ2n) is 9.88. The molecule has 4 rings (SSSR count). The number of halogens is 1. The van der Waals surface area contributed by atoms with Gasteiger partial charge in [-0.3, -0.25) is 4.79 Å². The van der Waals surface area contributed by atoms with Crippen LogP contribution in [0.5, 0.6) is 0 Å². The molecule has 0 radical (unpaired) electrons. The molecular formula is C27H33FN8O3. The third-order valence-electron chi connectivity index (χ3n) is 6.22. The van der Waals surface area contributed by atoms with E-state index in [-0.39, 0.29) is 37.9 Å². The van der Waals surface area contributed by atoms with E-state index in [1.807, 2.05) is 20.2 Å². The summed E-state index contributed by atoms with van der Waals surface area (Å²) in [7, 11) is 4.05. The van der Waals surface area contributed by atoms with Gasteiger partial charge in [0.05, 0.1) is 48.2 Å². The summed E-state index contributed by atoms with van der Waals surface area (Å²) in [5.74, 6) is 0.287. The van der Waals surface area contributed by atoms with Crippen molar-refractivity contribution in [2.24, 2.45) is 5.41 Å². The smallest absolute Gasteiger partial charge is 0.230 e. The zero-order valence-corrected chi connectivity index (χ0v) is 22.3. The number of hydrogen-bond donors (Lipinski definition) is 3. The quantitative estimate of drug-likeness (QED) is 0.315. The van der Waals surface area contributed by atoms with Crippen LogP contribution in [0.15, 0.2) is 36.5 Å². The van der Waals surface area contributed by atoms with E-state index in [1.165, 1.54) is 12.1 Å². The number of carbonyl (C=O) groups excluding carboxylic acids is 1. The van der Waals surface area contributed by atoms with Crippen LogP contribution >= 0.6 is 0 Å². The van der Waals surface area contributed by atoms with Gasteiger partial charge in [-0.15, -0.1) is 0 Å². The molecule has 0 atom stereocenters. The maximum atomic E-state index is 13.7. The van der Waals surface area contributed by atoms with Crippen LogP contribution in [0.3, 0.4) is 0 Å². The van der Waals surface area contributed by atoms with Crippen LogP contribution in [-0.2, 0) is 14.3 Å². The Hall–Kier alpha value is -3.92. The van der Waals surface area contributed by atoms with Crippen molar-refractivity contribution in [3.05, 3.63) is 48.2 Å². The minimum absolute atomic E-state index is 0.104. The number of ether oxygens (including phenoxy) is 2. The summed E-state index contributed by atoms with van der Waals surface area (Å²) in [6.07, 6.45) is 1.98. The van der Waals surface area contributed by atoms with Crippen molar-refractivity contribution in [2.45, 2.75) is 26.1 Å². The first-order valence-electron chi connectivity index (χ1n) is 12.8. The SMILES string of the molecule is CN(C)CCCNc1nccc(-c2[nH]c(C3OCC(C)(C(=O)NCCC#N)CO3)nc2-c2ccc(F)cc2)n1. The molecule has 1 aliphatic rings. The predicted octanol–water partition coefficient (Wildman–Crippen LogP) is 3.12. The van der Waals surface area contributed by atoms with Crippen molar-refractivity contribution in [1.82, 2.24) is 30.2 Å². The average molecular weight is 537 g/mol. The van der Waals surface area contributed by atoms with Crippen LogP contribution in [0.1, 0.15) is 31.9 Å². The summed E-state index contributed by atoms with van der Waals surface area (Å²) in [4.78, 5) is 31.7. The van der Waals surface area contributed by atoms with E-state index in [2.05, 4.69) is 30.5 Å². The lowest BCUT2D eigenvalue weighted by molar-refractivity contribution is -0.231. The monoisotopic (exact) mass is 536 g/mol. The largest absolute Gasteiger partial charge is 0.354 e. The van der Waals surface area contributed by atoms with Crippen molar-refractivity contribution in [2.75, 3.05) is 52.3 Å². The molecule has 1 aromatic carbocycles. The van der Waals surface area contributed by atoms with E-state index in [0.29, 0.717) is 41.0 Å². The summed E-state index contributed by atoms with van der Waals surface area (Å²) >= 11 is 0. The number of H-pyrrole nitrogens is 1. The van der Waals surface area contributed by atoms with Gasteiger partial charge in [-0.1, -0.05) is 0 Å². The van der Waals surface area contributed by atoms with Gasteiger partial charge in [-0.2, -0.15) is 5.26 Å². The van der Waals surface area contributed by atoms with Crippen LogP contribution in [0.25, 0.3) is 22.6 Å². The van der Waals surface area contributed by atoms with Gasteiger partial charge in [0.1, 0.15) is 5.82 Å². The third kappa shape index (κ3) is 7.14. The molecule has 12 heteroatoms. The number of nitrogens with one attached hydrogen (secondary N) is 3. The van der Waals surface area contributed by atoms with Gasteiger partial charge in [-0.25, -0.2) is 19.3 Å². The number of hydrogen-bond acceptors (Lipinski definition) is 9. The Balaban J connectivity index is 1.56. The van der Waals surface area contributed by atoms with Gasteiger partial charge in [0, 0.05) is 24.8 Å². The molecule has 2 aromatic heterocycles. The van der Waals surface area contributed by atoms with Crippen LogP contribution in [0.2, 0.25) is 0 Å². The number of carbonyl (C=O) groups is 1. The summed E-state index contributed by atoms with van der Waals surface area (Å²) in [5, 5.41) is 14.7. The van der Waals surface area contributed by atoms with Crippen LogP contribution < -0.4 is 10.6 Å². The number of nitrogens with zero attached hydrogens (tertiary/aromatic N) is 5. The van der Waals surface area contributed by atoms with Crippen molar-refractivity contribution in [3.63, 3.8) is 0 Å². The Kier molecular flexibility index (Phi) is 9.19. The number of rotatable bonds is 11. The molecule has 3 aromatic rings. The number of imidazole rings is 1. The molecule has 0 unspecified atom stereocenters. The maximum absolute atomic E-state index is 13.7. The van der Waals surface area contributed by atoms with Crippen LogP contribution in [0, 0.1) is 22.6 Å². The highest BCUT2D eigenvalue weighted by atomic mass is 19.1. The summed E-state index contributed by atoms with van der Waals surface area (Å²) in [6.45, 7) is 3.87. The van der Waals surface area contributed by atoms with Gasteiger partial charge in [-0.05, 0) is 64.3 Å². The van der Waals surface area contributed by atoms with Gasteiger partial charge < -0.3 is 30.0 Å². The Morgan fingerprint density at radius 1 is 1.21 bits per heavy atom. The minimum atomic E-state index is -0.902. The van der Waals surface area contributed by atoms with Crippen molar-refractivity contribution >= 4 is 11.9 Å². The highest BCUT2D eigenvalue weighted by molar-refractivity contribution is 5.82. The summed E-state index contributed by atoms with van der Waals surface area (Å²) in [6, 6.07) is 9.79. The van der Waals surface area contributed by atoms with E-state index in [4.69, 9.17) is 19.7 Å². The van der Waals surface area contributed by atoms with Crippen molar-refractivity contribution < 1.29 is 18.7 Å². The highest BCUT2D eigenvalue weighted by Gasteiger charge is 2.40. The lowest BCUT2D eigenvalue weighted by Gasteiger charge is -2.35. The molecule has 1 amide bonds. The molecule has 206 valence electrons. The van der Waals surface area contributed by atoms with Crippen molar-refractivity contribution in [3.8, 4) is 28.7 Å². The fraction of sp³-hybridized carbons (Fsp3) is 0.444. The molecule has 0 aliphatic carbocycles. The van der Waals surface area contributed by atoms with Crippen molar-refractivity contribution in [1.29, 1.82) is 5.26 Å². The van der Waals surface area contributed by atoms with Crippen LogP contribution in [-0.4, -0.2) is 77.7 Å². The molecule has 11 nitrogen and oxygen atoms in total. The van der Waals surface area contributed by atoms with E-state index in [9.17, 15) is 9.18 Å². The number of amides is 1. The Morgan fingerprint density at radius 3 is 2.64 bits per heavy atom. The number of benzene rings is 1. The Morgan fingerprint density at radius 2 is 1.95 bits per heavy atom. The van der Waals surface area contributed by atoms with Crippen LogP contribution in [0.4, 0.5) is 10.3 Å². The van der Waals surface area contributed by atoms with Gasteiger partial charge in [0.25, 0.3) is 0 Å². The predicted molar refractivity (Wildman–Crippen MR) is 143 cm³/mol.